The first-order valence-corrected chi connectivity index (χ1v) is 12.5. The number of aromatic nitrogens is 4. The largest absolute Gasteiger partial charge is 0.481 e. The molecular formula is C21H30N8O7S. The van der Waals surface area contributed by atoms with Crippen LogP contribution in [-0.2, 0) is 36.8 Å². The van der Waals surface area contributed by atoms with Crippen molar-refractivity contribution in [1.82, 2.24) is 35.9 Å². The fraction of sp³-hybridized carbons (Fsp3) is 0.476. The highest BCUT2D eigenvalue weighted by Gasteiger charge is 2.32. The van der Waals surface area contributed by atoms with E-state index in [0.717, 1.165) is 0 Å². The van der Waals surface area contributed by atoms with Crippen LogP contribution >= 0.6 is 11.8 Å². The molecule has 9 N–H and O–H groups in total. The summed E-state index contributed by atoms with van der Waals surface area (Å²) in [6.07, 6.45) is 6.84. The number of nitrogens with two attached hydrogens (primary N) is 1. The Balaban J connectivity index is 2.15. The Morgan fingerprint density at radius 1 is 0.892 bits per heavy atom. The molecule has 0 aromatic carbocycles. The molecule has 0 aliphatic carbocycles. The molecule has 2 aromatic heterocycles. The van der Waals surface area contributed by atoms with Crippen LogP contribution in [0.15, 0.2) is 25.0 Å². The van der Waals surface area contributed by atoms with Gasteiger partial charge in [-0.25, -0.2) is 14.8 Å². The average molecular weight is 539 g/mol. The van der Waals surface area contributed by atoms with Crippen LogP contribution in [0, 0.1) is 0 Å². The standard InChI is InChI=1S/C21H30N8O7S/c1-37-3-2-14(21(35)36)27-20(34)16(6-17(30)31)29-19(33)15(5-12-8-24-10-26-12)28-18(32)13(22)4-11-7-23-9-25-11/h7-10,13-16H,2-6,22H2,1H3,(H,23,25)(H,24,26)(H,27,34)(H,28,32)(H,29,33)(H,30,31)(H,35,36). The molecule has 3 amide bonds. The summed E-state index contributed by atoms with van der Waals surface area (Å²) in [5.41, 5.74) is 7.04. The molecule has 0 aliphatic rings. The van der Waals surface area contributed by atoms with Crippen LogP contribution < -0.4 is 21.7 Å². The number of hydrogen-bond donors (Lipinski definition) is 8. The summed E-state index contributed by atoms with van der Waals surface area (Å²) in [6, 6.07) is -5.16. The number of nitrogens with one attached hydrogen (secondary N) is 5. The number of amides is 3. The Kier molecular flexibility index (Phi) is 11.6. The molecule has 0 aliphatic heterocycles. The maximum Gasteiger partial charge on any atom is 0.326 e. The van der Waals surface area contributed by atoms with Crippen molar-refractivity contribution in [3.63, 3.8) is 0 Å². The van der Waals surface area contributed by atoms with Gasteiger partial charge in [0.2, 0.25) is 17.7 Å². The summed E-state index contributed by atoms with van der Waals surface area (Å²) in [5.74, 6) is -4.77. The first-order chi connectivity index (χ1) is 17.6. The molecule has 4 unspecified atom stereocenters. The van der Waals surface area contributed by atoms with Crippen molar-refractivity contribution in [2.24, 2.45) is 5.73 Å². The minimum atomic E-state index is -1.60. The Bertz CT molecular complexity index is 1050. The zero-order valence-electron chi connectivity index (χ0n) is 20.0. The number of carbonyl (C=O) groups is 5. The SMILES string of the molecule is CSCCC(NC(=O)C(CC(=O)O)NC(=O)C(Cc1cnc[nH]1)NC(=O)C(N)Cc1cnc[nH]1)C(=O)O. The number of carboxylic acid groups (broad SMARTS) is 2. The van der Waals surface area contributed by atoms with Crippen molar-refractivity contribution in [1.29, 1.82) is 0 Å². The van der Waals surface area contributed by atoms with Gasteiger partial charge in [-0.05, 0) is 18.4 Å². The van der Waals surface area contributed by atoms with Crippen molar-refractivity contribution >= 4 is 41.4 Å². The van der Waals surface area contributed by atoms with Crippen molar-refractivity contribution in [3.05, 3.63) is 36.4 Å². The fourth-order valence-electron chi connectivity index (χ4n) is 3.25. The molecule has 0 spiro atoms. The van der Waals surface area contributed by atoms with E-state index in [1.54, 1.807) is 6.26 Å². The van der Waals surface area contributed by atoms with E-state index in [9.17, 15) is 34.2 Å². The van der Waals surface area contributed by atoms with Gasteiger partial charge in [-0.15, -0.1) is 0 Å². The van der Waals surface area contributed by atoms with Gasteiger partial charge < -0.3 is 41.9 Å². The number of carbonyl (C=O) groups excluding carboxylic acids is 3. The van der Waals surface area contributed by atoms with E-state index >= 15 is 0 Å². The van der Waals surface area contributed by atoms with Gasteiger partial charge >= 0.3 is 11.9 Å². The Morgan fingerprint density at radius 2 is 1.43 bits per heavy atom. The van der Waals surface area contributed by atoms with Crippen LogP contribution in [0.5, 0.6) is 0 Å². The van der Waals surface area contributed by atoms with E-state index in [1.807, 2.05) is 0 Å². The number of thioether (sulfide) groups is 1. The molecule has 0 saturated carbocycles. The number of aromatic amines is 2. The number of aliphatic carboxylic acids is 2. The van der Waals surface area contributed by atoms with Crippen LogP contribution in [0.1, 0.15) is 24.2 Å². The molecule has 4 atom stereocenters. The molecule has 15 nitrogen and oxygen atoms in total. The first-order valence-electron chi connectivity index (χ1n) is 11.1. The minimum Gasteiger partial charge on any atom is -0.481 e. The van der Waals surface area contributed by atoms with Crippen LogP contribution in [0.2, 0.25) is 0 Å². The maximum absolute atomic E-state index is 13.1. The van der Waals surface area contributed by atoms with Crippen LogP contribution in [-0.4, -0.2) is 96.0 Å². The third-order valence-corrected chi connectivity index (χ3v) is 5.82. The number of rotatable bonds is 16. The van der Waals surface area contributed by atoms with Crippen molar-refractivity contribution < 1.29 is 34.2 Å². The summed E-state index contributed by atoms with van der Waals surface area (Å²) >= 11 is 1.38. The van der Waals surface area contributed by atoms with Gasteiger partial charge in [0, 0.05) is 36.6 Å². The quantitative estimate of drug-likeness (QED) is 0.116. The van der Waals surface area contributed by atoms with Gasteiger partial charge in [0.25, 0.3) is 0 Å². The number of nitrogens with zero attached hydrogens (tertiary/aromatic N) is 2. The second-order valence-corrected chi connectivity index (χ2v) is 9.06. The molecule has 2 heterocycles. The lowest BCUT2D eigenvalue weighted by Crippen LogP contribution is -2.58. The van der Waals surface area contributed by atoms with E-state index < -0.39 is 60.2 Å². The molecule has 2 rings (SSSR count). The van der Waals surface area contributed by atoms with Gasteiger partial charge in [-0.1, -0.05) is 0 Å². The topological polar surface area (TPSA) is 245 Å². The zero-order chi connectivity index (χ0) is 27.4. The average Bonchev–Trinajstić information content (AvgIpc) is 3.54. The summed E-state index contributed by atoms with van der Waals surface area (Å²) < 4.78 is 0. The van der Waals surface area contributed by atoms with Crippen LogP contribution in [0.3, 0.4) is 0 Å². The lowest BCUT2D eigenvalue weighted by molar-refractivity contribution is -0.143. The molecule has 37 heavy (non-hydrogen) atoms. The first kappa shape index (κ1) is 29.3. The highest BCUT2D eigenvalue weighted by Crippen LogP contribution is 2.06. The molecule has 0 bridgehead atoms. The third kappa shape index (κ3) is 9.92. The second-order valence-electron chi connectivity index (χ2n) is 8.07. The lowest BCUT2D eigenvalue weighted by atomic mass is 10.1. The number of hydrogen-bond acceptors (Lipinski definition) is 9. The smallest absolute Gasteiger partial charge is 0.326 e. The predicted octanol–water partition coefficient (Wildman–Crippen LogP) is -1.99. The minimum absolute atomic E-state index is 0.0682. The highest BCUT2D eigenvalue weighted by atomic mass is 32.2. The van der Waals surface area contributed by atoms with Gasteiger partial charge in [-0.3, -0.25) is 19.2 Å². The Labute approximate surface area is 215 Å². The van der Waals surface area contributed by atoms with Gasteiger partial charge in [0.15, 0.2) is 0 Å². The predicted molar refractivity (Wildman–Crippen MR) is 131 cm³/mol. The number of imidazole rings is 2. The normalized spacial score (nSPS) is 14.1. The van der Waals surface area contributed by atoms with Crippen molar-refractivity contribution in [2.75, 3.05) is 12.0 Å². The van der Waals surface area contributed by atoms with Gasteiger partial charge in [0.05, 0.1) is 25.1 Å². The summed E-state index contributed by atoms with van der Waals surface area (Å²) in [7, 11) is 0. The van der Waals surface area contributed by atoms with Crippen molar-refractivity contribution in [3.8, 4) is 0 Å². The lowest BCUT2D eigenvalue weighted by Gasteiger charge is -2.24. The Hall–Kier alpha value is -3.92. The third-order valence-electron chi connectivity index (χ3n) is 5.18. The molecule has 202 valence electrons. The molecule has 2 aromatic rings. The van der Waals surface area contributed by atoms with E-state index in [4.69, 9.17) is 5.73 Å². The van der Waals surface area contributed by atoms with E-state index in [-0.39, 0.29) is 19.3 Å². The second kappa shape index (κ2) is 14.6. The van der Waals surface area contributed by atoms with E-state index in [0.29, 0.717) is 17.1 Å². The molecule has 0 fully saturated rings. The summed E-state index contributed by atoms with van der Waals surface area (Å²) in [6.45, 7) is 0. The van der Waals surface area contributed by atoms with E-state index in [2.05, 4.69) is 35.9 Å². The highest BCUT2D eigenvalue weighted by molar-refractivity contribution is 7.98. The monoisotopic (exact) mass is 538 g/mol. The fourth-order valence-corrected chi connectivity index (χ4v) is 3.72. The number of carboxylic acids is 2. The van der Waals surface area contributed by atoms with Crippen molar-refractivity contribution in [2.45, 2.75) is 49.9 Å². The number of H-pyrrole nitrogens is 2. The Morgan fingerprint density at radius 3 is 1.95 bits per heavy atom. The van der Waals surface area contributed by atoms with Gasteiger partial charge in [0.1, 0.15) is 18.1 Å². The molecule has 0 radical (unpaired) electrons. The van der Waals surface area contributed by atoms with Crippen LogP contribution in [0.4, 0.5) is 0 Å². The molecule has 0 saturated heterocycles. The van der Waals surface area contributed by atoms with Gasteiger partial charge in [-0.2, -0.15) is 11.8 Å². The molecular weight excluding hydrogens is 508 g/mol. The zero-order valence-corrected chi connectivity index (χ0v) is 20.8. The maximum atomic E-state index is 13.1. The summed E-state index contributed by atoms with van der Waals surface area (Å²) in [5, 5.41) is 25.7. The summed E-state index contributed by atoms with van der Waals surface area (Å²) in [4.78, 5) is 74.8. The molecule has 16 heteroatoms. The van der Waals surface area contributed by atoms with E-state index in [1.165, 1.54) is 36.8 Å². The van der Waals surface area contributed by atoms with Crippen LogP contribution in [0.25, 0.3) is 0 Å².